The summed E-state index contributed by atoms with van der Waals surface area (Å²) in [5, 5.41) is 0. The quantitative estimate of drug-likeness (QED) is 0.731. The summed E-state index contributed by atoms with van der Waals surface area (Å²) in [5.74, 6) is 0. The van der Waals surface area contributed by atoms with Gasteiger partial charge in [-0.25, -0.2) is 0 Å². The highest BCUT2D eigenvalue weighted by atomic mass is 16.7. The SMILES string of the molecule is COCOC1CCN(Cc2ccccc2)CC1. The van der Waals surface area contributed by atoms with E-state index in [9.17, 15) is 0 Å². The molecule has 0 aromatic heterocycles. The van der Waals surface area contributed by atoms with Gasteiger partial charge in [0.25, 0.3) is 0 Å². The molecule has 1 aromatic carbocycles. The zero-order valence-corrected chi connectivity index (χ0v) is 10.5. The van der Waals surface area contributed by atoms with Crippen molar-refractivity contribution in [3.8, 4) is 0 Å². The molecule has 2 rings (SSSR count). The van der Waals surface area contributed by atoms with Gasteiger partial charge in [0.15, 0.2) is 0 Å². The van der Waals surface area contributed by atoms with Crippen molar-refractivity contribution in [2.24, 2.45) is 0 Å². The molecule has 94 valence electrons. The lowest BCUT2D eigenvalue weighted by Crippen LogP contribution is -2.36. The van der Waals surface area contributed by atoms with Crippen molar-refractivity contribution in [3.05, 3.63) is 35.9 Å². The first-order chi connectivity index (χ1) is 8.38. The highest BCUT2D eigenvalue weighted by molar-refractivity contribution is 5.14. The number of likely N-dealkylation sites (tertiary alicyclic amines) is 1. The summed E-state index contributed by atoms with van der Waals surface area (Å²) < 4.78 is 10.5. The van der Waals surface area contributed by atoms with Gasteiger partial charge >= 0.3 is 0 Å². The summed E-state index contributed by atoms with van der Waals surface area (Å²) in [7, 11) is 1.67. The second-order valence-electron chi connectivity index (χ2n) is 4.53. The lowest BCUT2D eigenvalue weighted by atomic mass is 10.1. The second kappa shape index (κ2) is 6.74. The molecule has 3 nitrogen and oxygen atoms in total. The third kappa shape index (κ3) is 4.11. The third-order valence-corrected chi connectivity index (χ3v) is 3.21. The Balaban J connectivity index is 1.72. The molecular formula is C14H21NO2. The Morgan fingerprint density at radius 3 is 2.53 bits per heavy atom. The van der Waals surface area contributed by atoms with Gasteiger partial charge in [0.05, 0.1) is 6.10 Å². The minimum Gasteiger partial charge on any atom is -0.359 e. The van der Waals surface area contributed by atoms with Crippen LogP contribution >= 0.6 is 0 Å². The molecule has 0 radical (unpaired) electrons. The molecule has 0 atom stereocenters. The number of rotatable bonds is 5. The maximum Gasteiger partial charge on any atom is 0.146 e. The van der Waals surface area contributed by atoms with Crippen LogP contribution < -0.4 is 0 Å². The molecule has 0 unspecified atom stereocenters. The predicted molar refractivity (Wildman–Crippen MR) is 67.7 cm³/mol. The smallest absolute Gasteiger partial charge is 0.146 e. The lowest BCUT2D eigenvalue weighted by molar-refractivity contribution is -0.0891. The van der Waals surface area contributed by atoms with Crippen molar-refractivity contribution in [1.82, 2.24) is 4.90 Å². The molecule has 0 bridgehead atoms. The fraction of sp³-hybridized carbons (Fsp3) is 0.571. The topological polar surface area (TPSA) is 21.7 Å². The van der Waals surface area contributed by atoms with Gasteiger partial charge in [0.1, 0.15) is 6.79 Å². The number of hydrogen-bond donors (Lipinski definition) is 0. The lowest BCUT2D eigenvalue weighted by Gasteiger charge is -2.31. The monoisotopic (exact) mass is 235 g/mol. The van der Waals surface area contributed by atoms with Crippen molar-refractivity contribution in [2.45, 2.75) is 25.5 Å². The molecule has 0 aliphatic carbocycles. The van der Waals surface area contributed by atoms with Crippen molar-refractivity contribution < 1.29 is 9.47 Å². The normalized spacial score (nSPS) is 18.4. The summed E-state index contributed by atoms with van der Waals surface area (Å²) >= 11 is 0. The van der Waals surface area contributed by atoms with E-state index in [-0.39, 0.29) is 0 Å². The first-order valence-corrected chi connectivity index (χ1v) is 6.25. The summed E-state index contributed by atoms with van der Waals surface area (Å²) in [4.78, 5) is 2.49. The van der Waals surface area contributed by atoms with Crippen molar-refractivity contribution in [3.63, 3.8) is 0 Å². The van der Waals surface area contributed by atoms with Gasteiger partial charge in [-0.05, 0) is 18.4 Å². The molecule has 17 heavy (non-hydrogen) atoms. The first kappa shape index (κ1) is 12.6. The number of ether oxygens (including phenoxy) is 2. The van der Waals surface area contributed by atoms with Crippen LogP contribution in [0.4, 0.5) is 0 Å². The van der Waals surface area contributed by atoms with Crippen LogP contribution in [-0.2, 0) is 16.0 Å². The number of hydrogen-bond acceptors (Lipinski definition) is 3. The maximum absolute atomic E-state index is 5.58. The molecule has 0 N–H and O–H groups in total. The van der Waals surface area contributed by atoms with E-state index in [4.69, 9.17) is 9.47 Å². The van der Waals surface area contributed by atoms with Gasteiger partial charge in [-0.3, -0.25) is 4.90 Å². The Kier molecular flexibility index (Phi) is 4.98. The van der Waals surface area contributed by atoms with Crippen LogP contribution in [0.3, 0.4) is 0 Å². The number of methoxy groups -OCH3 is 1. The molecular weight excluding hydrogens is 214 g/mol. The van der Waals surface area contributed by atoms with E-state index in [1.54, 1.807) is 7.11 Å². The van der Waals surface area contributed by atoms with Gasteiger partial charge in [-0.2, -0.15) is 0 Å². The molecule has 0 spiro atoms. The summed E-state index contributed by atoms with van der Waals surface area (Å²) in [5.41, 5.74) is 1.39. The molecule has 1 fully saturated rings. The van der Waals surface area contributed by atoms with Crippen LogP contribution in [0.15, 0.2) is 30.3 Å². The summed E-state index contributed by atoms with van der Waals surface area (Å²) in [6.45, 7) is 3.70. The van der Waals surface area contributed by atoms with E-state index in [0.29, 0.717) is 12.9 Å². The van der Waals surface area contributed by atoms with E-state index in [1.807, 2.05) is 0 Å². The molecule has 0 amide bonds. The van der Waals surface area contributed by atoms with Gasteiger partial charge in [-0.15, -0.1) is 0 Å². The Hall–Kier alpha value is -0.900. The van der Waals surface area contributed by atoms with Crippen molar-refractivity contribution in [1.29, 1.82) is 0 Å². The molecule has 1 aromatic rings. The fourth-order valence-corrected chi connectivity index (χ4v) is 2.24. The van der Waals surface area contributed by atoms with Gasteiger partial charge < -0.3 is 9.47 Å². The highest BCUT2D eigenvalue weighted by Gasteiger charge is 2.19. The zero-order chi connectivity index (χ0) is 11.9. The Morgan fingerprint density at radius 1 is 1.18 bits per heavy atom. The standard InChI is InChI=1S/C14H21NO2/c1-16-12-17-14-7-9-15(10-8-14)11-13-5-3-2-4-6-13/h2-6,14H,7-12H2,1H3. The van der Waals surface area contributed by atoms with Crippen LogP contribution in [0, 0.1) is 0 Å². The molecule has 1 aliphatic rings. The van der Waals surface area contributed by atoms with Crippen LogP contribution in [0.25, 0.3) is 0 Å². The van der Waals surface area contributed by atoms with Gasteiger partial charge in [0.2, 0.25) is 0 Å². The van der Waals surface area contributed by atoms with E-state index in [0.717, 1.165) is 32.5 Å². The van der Waals surface area contributed by atoms with Crippen molar-refractivity contribution in [2.75, 3.05) is 27.0 Å². The molecule has 3 heteroatoms. The maximum atomic E-state index is 5.58. The van der Waals surface area contributed by atoms with E-state index >= 15 is 0 Å². The summed E-state index contributed by atoms with van der Waals surface area (Å²) in [6.07, 6.45) is 2.59. The van der Waals surface area contributed by atoms with Gasteiger partial charge in [-0.1, -0.05) is 30.3 Å². The van der Waals surface area contributed by atoms with Crippen LogP contribution in [0.2, 0.25) is 0 Å². The number of benzene rings is 1. The molecule has 0 saturated carbocycles. The van der Waals surface area contributed by atoms with Crippen LogP contribution in [-0.4, -0.2) is 38.0 Å². The second-order valence-corrected chi connectivity index (χ2v) is 4.53. The number of piperidine rings is 1. The largest absolute Gasteiger partial charge is 0.359 e. The predicted octanol–water partition coefficient (Wildman–Crippen LogP) is 2.27. The first-order valence-electron chi connectivity index (χ1n) is 6.25. The molecule has 1 aliphatic heterocycles. The highest BCUT2D eigenvalue weighted by Crippen LogP contribution is 2.16. The third-order valence-electron chi connectivity index (χ3n) is 3.21. The average Bonchev–Trinajstić information content (AvgIpc) is 2.39. The van der Waals surface area contributed by atoms with Gasteiger partial charge in [0, 0.05) is 26.7 Å². The minimum absolute atomic E-state index is 0.377. The van der Waals surface area contributed by atoms with E-state index in [2.05, 4.69) is 35.2 Å². The Labute approximate surface area is 103 Å². The molecule has 1 heterocycles. The van der Waals surface area contributed by atoms with Crippen molar-refractivity contribution >= 4 is 0 Å². The Bertz CT molecular complexity index is 307. The fourth-order valence-electron chi connectivity index (χ4n) is 2.24. The zero-order valence-electron chi connectivity index (χ0n) is 10.5. The Morgan fingerprint density at radius 2 is 1.88 bits per heavy atom. The molecule has 1 saturated heterocycles. The van der Waals surface area contributed by atoms with Crippen LogP contribution in [0.1, 0.15) is 18.4 Å². The van der Waals surface area contributed by atoms with Crippen LogP contribution in [0.5, 0.6) is 0 Å². The van der Waals surface area contributed by atoms with E-state index < -0.39 is 0 Å². The summed E-state index contributed by atoms with van der Waals surface area (Å²) in [6, 6.07) is 10.6. The van der Waals surface area contributed by atoms with E-state index in [1.165, 1.54) is 5.56 Å². The number of nitrogens with zero attached hydrogens (tertiary/aromatic N) is 1. The minimum atomic E-state index is 0.377. The average molecular weight is 235 g/mol.